The number of phenols is 1. The van der Waals surface area contributed by atoms with Gasteiger partial charge in [0.2, 0.25) is 0 Å². The first-order valence-corrected chi connectivity index (χ1v) is 5.75. The highest BCUT2D eigenvalue weighted by Gasteiger charge is 2.07. The highest BCUT2D eigenvalue weighted by Crippen LogP contribution is 2.32. The Kier molecular flexibility index (Phi) is 2.56. The monoisotopic (exact) mass is 269 g/mol. The summed E-state index contributed by atoms with van der Waals surface area (Å²) < 4.78 is 0.941. The standard InChI is InChI=1S/C10H8BrNOS/c1-6-12-9(5-14-6)8-4-7(11)2-3-10(8)13/h2-5,13H,1H3. The van der Waals surface area contributed by atoms with Gasteiger partial charge in [-0.15, -0.1) is 11.3 Å². The summed E-state index contributed by atoms with van der Waals surface area (Å²) in [5.41, 5.74) is 1.59. The molecule has 4 heteroatoms. The lowest BCUT2D eigenvalue weighted by Crippen LogP contribution is -1.79. The number of benzene rings is 1. The number of aryl methyl sites for hydroxylation is 1. The zero-order valence-electron chi connectivity index (χ0n) is 7.49. The van der Waals surface area contributed by atoms with E-state index in [1.54, 1.807) is 23.5 Å². The van der Waals surface area contributed by atoms with Crippen LogP contribution >= 0.6 is 27.3 Å². The molecule has 0 spiro atoms. The molecule has 2 nitrogen and oxygen atoms in total. The van der Waals surface area contributed by atoms with Gasteiger partial charge in [0.25, 0.3) is 0 Å². The molecule has 1 N–H and O–H groups in total. The second-order valence-corrected chi connectivity index (χ2v) is 4.89. The Morgan fingerprint density at radius 1 is 1.43 bits per heavy atom. The molecule has 1 aromatic heterocycles. The number of thiazole rings is 1. The second kappa shape index (κ2) is 3.71. The van der Waals surface area contributed by atoms with Gasteiger partial charge < -0.3 is 5.11 Å². The molecule has 0 bridgehead atoms. The maximum atomic E-state index is 9.64. The highest BCUT2D eigenvalue weighted by atomic mass is 79.9. The average molecular weight is 270 g/mol. The van der Waals surface area contributed by atoms with Gasteiger partial charge in [0, 0.05) is 15.4 Å². The van der Waals surface area contributed by atoms with Crippen molar-refractivity contribution in [3.05, 3.63) is 33.1 Å². The van der Waals surface area contributed by atoms with E-state index >= 15 is 0 Å². The summed E-state index contributed by atoms with van der Waals surface area (Å²) in [6.45, 7) is 1.95. The van der Waals surface area contributed by atoms with Crippen molar-refractivity contribution in [1.29, 1.82) is 0 Å². The molecule has 72 valence electrons. The largest absolute Gasteiger partial charge is 0.507 e. The van der Waals surface area contributed by atoms with Gasteiger partial charge in [0.05, 0.1) is 10.7 Å². The normalized spacial score (nSPS) is 10.4. The molecule has 0 amide bonds. The van der Waals surface area contributed by atoms with Crippen molar-refractivity contribution in [2.24, 2.45) is 0 Å². The van der Waals surface area contributed by atoms with Gasteiger partial charge in [-0.2, -0.15) is 0 Å². The zero-order valence-corrected chi connectivity index (χ0v) is 9.89. The van der Waals surface area contributed by atoms with E-state index in [0.29, 0.717) is 0 Å². The predicted octanol–water partition coefficient (Wildman–Crippen LogP) is 3.59. The molecule has 0 saturated heterocycles. The third kappa shape index (κ3) is 1.81. The molecule has 0 radical (unpaired) electrons. The van der Waals surface area contributed by atoms with E-state index < -0.39 is 0 Å². The lowest BCUT2D eigenvalue weighted by Gasteiger charge is -2.01. The molecule has 14 heavy (non-hydrogen) atoms. The first-order valence-electron chi connectivity index (χ1n) is 4.08. The van der Waals surface area contributed by atoms with Crippen LogP contribution in [0, 0.1) is 6.92 Å². The van der Waals surface area contributed by atoms with E-state index in [2.05, 4.69) is 20.9 Å². The van der Waals surface area contributed by atoms with Crippen LogP contribution in [0.25, 0.3) is 11.3 Å². The van der Waals surface area contributed by atoms with Gasteiger partial charge in [-0.25, -0.2) is 4.98 Å². The van der Waals surface area contributed by atoms with Crippen LogP contribution in [-0.4, -0.2) is 10.1 Å². The van der Waals surface area contributed by atoms with Crippen LogP contribution in [0.1, 0.15) is 5.01 Å². The van der Waals surface area contributed by atoms with Crippen LogP contribution in [0.15, 0.2) is 28.1 Å². The van der Waals surface area contributed by atoms with Gasteiger partial charge in [-0.05, 0) is 25.1 Å². The third-order valence-corrected chi connectivity index (χ3v) is 3.12. The van der Waals surface area contributed by atoms with Crippen molar-refractivity contribution in [2.75, 3.05) is 0 Å². The molecule has 2 aromatic rings. The molecule has 0 saturated carbocycles. The zero-order chi connectivity index (χ0) is 10.1. The number of aromatic hydroxyl groups is 1. The molecule has 0 atom stereocenters. The number of nitrogens with zero attached hydrogens (tertiary/aromatic N) is 1. The maximum Gasteiger partial charge on any atom is 0.125 e. The van der Waals surface area contributed by atoms with E-state index in [9.17, 15) is 5.11 Å². The Balaban J connectivity index is 2.55. The van der Waals surface area contributed by atoms with Gasteiger partial charge in [0.1, 0.15) is 5.75 Å². The van der Waals surface area contributed by atoms with Crippen LogP contribution in [0.3, 0.4) is 0 Å². The Morgan fingerprint density at radius 2 is 2.21 bits per heavy atom. The number of phenolic OH excluding ortho intramolecular Hbond substituents is 1. The first kappa shape index (κ1) is 9.68. The van der Waals surface area contributed by atoms with Crippen LogP contribution in [0.4, 0.5) is 0 Å². The molecule has 2 rings (SSSR count). The van der Waals surface area contributed by atoms with Crippen LogP contribution in [-0.2, 0) is 0 Å². The molecule has 0 aliphatic rings. The molecule has 1 heterocycles. The fourth-order valence-corrected chi connectivity index (χ4v) is 2.17. The Morgan fingerprint density at radius 3 is 2.86 bits per heavy atom. The fourth-order valence-electron chi connectivity index (χ4n) is 1.20. The quantitative estimate of drug-likeness (QED) is 0.859. The lowest BCUT2D eigenvalue weighted by molar-refractivity contribution is 0.477. The van der Waals surface area contributed by atoms with E-state index in [1.165, 1.54) is 0 Å². The fraction of sp³-hybridized carbons (Fsp3) is 0.100. The minimum absolute atomic E-state index is 0.263. The molecule has 0 fully saturated rings. The maximum absolute atomic E-state index is 9.64. The summed E-state index contributed by atoms with van der Waals surface area (Å²) in [4.78, 5) is 4.32. The summed E-state index contributed by atoms with van der Waals surface area (Å²) in [6.07, 6.45) is 0. The topological polar surface area (TPSA) is 33.1 Å². The Bertz CT molecular complexity index is 467. The molecular formula is C10H8BrNOS. The van der Waals surface area contributed by atoms with Gasteiger partial charge in [-0.3, -0.25) is 0 Å². The molecule has 0 aliphatic heterocycles. The Hall–Kier alpha value is -0.870. The van der Waals surface area contributed by atoms with Crippen molar-refractivity contribution in [3.8, 4) is 17.0 Å². The lowest BCUT2D eigenvalue weighted by atomic mass is 10.1. The number of halogens is 1. The van der Waals surface area contributed by atoms with Gasteiger partial charge in [-0.1, -0.05) is 15.9 Å². The molecule has 1 aromatic carbocycles. The average Bonchev–Trinajstić information content (AvgIpc) is 2.56. The minimum atomic E-state index is 0.263. The Labute approximate surface area is 94.4 Å². The van der Waals surface area contributed by atoms with E-state index in [1.807, 2.05) is 18.4 Å². The summed E-state index contributed by atoms with van der Waals surface area (Å²) in [5, 5.41) is 12.6. The molecular weight excluding hydrogens is 262 g/mol. The third-order valence-electron chi connectivity index (χ3n) is 1.85. The van der Waals surface area contributed by atoms with Crippen LogP contribution < -0.4 is 0 Å². The minimum Gasteiger partial charge on any atom is -0.507 e. The van der Waals surface area contributed by atoms with Crippen LogP contribution in [0.5, 0.6) is 5.75 Å². The molecule has 0 aliphatic carbocycles. The van der Waals surface area contributed by atoms with Gasteiger partial charge >= 0.3 is 0 Å². The summed E-state index contributed by atoms with van der Waals surface area (Å²) in [6, 6.07) is 5.33. The number of aromatic nitrogens is 1. The van der Waals surface area contributed by atoms with Crippen LogP contribution in [0.2, 0.25) is 0 Å². The van der Waals surface area contributed by atoms with E-state index in [0.717, 1.165) is 20.7 Å². The van der Waals surface area contributed by atoms with Gasteiger partial charge in [0.15, 0.2) is 0 Å². The van der Waals surface area contributed by atoms with Crippen molar-refractivity contribution < 1.29 is 5.11 Å². The van der Waals surface area contributed by atoms with E-state index in [-0.39, 0.29) is 5.75 Å². The first-order chi connectivity index (χ1) is 6.66. The smallest absolute Gasteiger partial charge is 0.125 e. The van der Waals surface area contributed by atoms with Crippen molar-refractivity contribution in [2.45, 2.75) is 6.92 Å². The van der Waals surface area contributed by atoms with Crippen molar-refractivity contribution >= 4 is 27.3 Å². The summed E-state index contributed by atoms with van der Waals surface area (Å²) in [7, 11) is 0. The summed E-state index contributed by atoms with van der Waals surface area (Å²) in [5.74, 6) is 0.263. The number of hydrogen-bond acceptors (Lipinski definition) is 3. The van der Waals surface area contributed by atoms with Crippen molar-refractivity contribution in [3.63, 3.8) is 0 Å². The summed E-state index contributed by atoms with van der Waals surface area (Å²) >= 11 is 4.94. The SMILES string of the molecule is Cc1nc(-c2cc(Br)ccc2O)cs1. The second-order valence-electron chi connectivity index (χ2n) is 2.91. The van der Waals surface area contributed by atoms with E-state index in [4.69, 9.17) is 0 Å². The number of rotatable bonds is 1. The predicted molar refractivity (Wildman–Crippen MR) is 61.7 cm³/mol. The van der Waals surface area contributed by atoms with Crippen molar-refractivity contribution in [1.82, 2.24) is 4.98 Å². The molecule has 0 unspecified atom stereocenters. The highest BCUT2D eigenvalue weighted by molar-refractivity contribution is 9.10. The number of hydrogen-bond donors (Lipinski definition) is 1.